The first-order valence-electron chi connectivity index (χ1n) is 4.99. The fraction of sp³-hybridized carbons (Fsp3) is 0.700. The number of likely N-dealkylation sites (N-methyl/N-ethyl adjacent to an activating group) is 1. The van der Waals surface area contributed by atoms with Crippen molar-refractivity contribution in [3.63, 3.8) is 0 Å². The largest absolute Gasteiger partial charge is 0.331 e. The molecule has 0 aliphatic rings. The Morgan fingerprint density at radius 2 is 2.31 bits per heavy atom. The molecule has 1 atom stereocenters. The molecule has 1 rings (SSSR count). The highest BCUT2D eigenvalue weighted by Crippen LogP contribution is 2.11. The van der Waals surface area contributed by atoms with Gasteiger partial charge in [-0.3, -0.25) is 0 Å². The van der Waals surface area contributed by atoms with Crippen molar-refractivity contribution in [1.29, 1.82) is 0 Å². The van der Waals surface area contributed by atoms with Gasteiger partial charge in [-0.2, -0.15) is 0 Å². The van der Waals surface area contributed by atoms with Gasteiger partial charge in [0.1, 0.15) is 5.82 Å². The van der Waals surface area contributed by atoms with E-state index in [-0.39, 0.29) is 0 Å². The molecule has 0 aromatic carbocycles. The first-order valence-corrected chi connectivity index (χ1v) is 4.99. The Kier molecular flexibility index (Phi) is 3.96. The van der Waals surface area contributed by atoms with Crippen LogP contribution in [0, 0.1) is 6.92 Å². The number of aromatic nitrogens is 2. The molecule has 0 amide bonds. The predicted molar refractivity (Wildman–Crippen MR) is 54.8 cm³/mol. The summed E-state index contributed by atoms with van der Waals surface area (Å²) in [6.07, 6.45) is 5.06. The summed E-state index contributed by atoms with van der Waals surface area (Å²) in [6, 6.07) is 0.544. The molecule has 0 fully saturated rings. The Hall–Kier alpha value is -0.830. The molecule has 13 heavy (non-hydrogen) atoms. The van der Waals surface area contributed by atoms with Gasteiger partial charge in [0.05, 0.1) is 0 Å². The lowest BCUT2D eigenvalue weighted by Crippen LogP contribution is -2.25. The summed E-state index contributed by atoms with van der Waals surface area (Å²) in [6.45, 7) is 8.46. The third kappa shape index (κ3) is 2.56. The molecule has 0 saturated heterocycles. The maximum Gasteiger partial charge on any atom is 0.105 e. The van der Waals surface area contributed by atoms with Crippen LogP contribution in [0.3, 0.4) is 0 Å². The Labute approximate surface area is 80.2 Å². The second kappa shape index (κ2) is 5.02. The van der Waals surface area contributed by atoms with E-state index in [0.29, 0.717) is 6.04 Å². The topological polar surface area (TPSA) is 29.9 Å². The van der Waals surface area contributed by atoms with Crippen molar-refractivity contribution in [2.24, 2.45) is 0 Å². The molecule has 0 radical (unpaired) electrons. The maximum absolute atomic E-state index is 4.23. The highest BCUT2D eigenvalue weighted by Gasteiger charge is 2.08. The Balaban J connectivity index is 2.61. The summed E-state index contributed by atoms with van der Waals surface area (Å²) < 4.78 is 2.24. The second-order valence-corrected chi connectivity index (χ2v) is 3.25. The Bertz CT molecular complexity index is 242. The molecule has 0 aliphatic carbocycles. The minimum absolute atomic E-state index is 0.544. The number of aryl methyl sites for hydroxylation is 1. The van der Waals surface area contributed by atoms with Crippen LogP contribution in [0.25, 0.3) is 0 Å². The molecule has 1 N–H and O–H groups in total. The SMILES string of the molecule is CCNCC(CC)n1ccnc1C. The Morgan fingerprint density at radius 3 is 2.77 bits per heavy atom. The highest BCUT2D eigenvalue weighted by atomic mass is 15.1. The van der Waals surface area contributed by atoms with Crippen molar-refractivity contribution in [3.8, 4) is 0 Å². The molecular weight excluding hydrogens is 162 g/mol. The predicted octanol–water partition coefficient (Wildman–Crippen LogP) is 1.75. The van der Waals surface area contributed by atoms with E-state index in [2.05, 4.69) is 41.8 Å². The van der Waals surface area contributed by atoms with Crippen molar-refractivity contribution in [2.45, 2.75) is 33.2 Å². The van der Waals surface area contributed by atoms with Crippen molar-refractivity contribution in [1.82, 2.24) is 14.9 Å². The summed E-state index contributed by atoms with van der Waals surface area (Å²) in [5.41, 5.74) is 0. The van der Waals surface area contributed by atoms with E-state index in [1.807, 2.05) is 6.20 Å². The van der Waals surface area contributed by atoms with Crippen LogP contribution in [0.4, 0.5) is 0 Å². The standard InChI is InChI=1S/C10H19N3/c1-4-10(8-11-5-2)13-7-6-12-9(13)3/h6-7,10-11H,4-5,8H2,1-3H3. The zero-order valence-corrected chi connectivity index (χ0v) is 8.75. The number of imidazole rings is 1. The average molecular weight is 181 g/mol. The monoisotopic (exact) mass is 181 g/mol. The molecular formula is C10H19N3. The molecule has 0 aliphatic heterocycles. The number of hydrogen-bond acceptors (Lipinski definition) is 2. The summed E-state index contributed by atoms with van der Waals surface area (Å²) in [5.74, 6) is 1.10. The van der Waals surface area contributed by atoms with E-state index in [0.717, 1.165) is 25.3 Å². The quantitative estimate of drug-likeness (QED) is 0.750. The molecule has 1 aromatic rings. The van der Waals surface area contributed by atoms with Gasteiger partial charge in [0.15, 0.2) is 0 Å². The zero-order valence-electron chi connectivity index (χ0n) is 8.75. The molecule has 1 aromatic heterocycles. The lowest BCUT2D eigenvalue weighted by Gasteiger charge is -2.18. The number of nitrogens with zero attached hydrogens (tertiary/aromatic N) is 2. The van der Waals surface area contributed by atoms with Crippen LogP contribution in [0.5, 0.6) is 0 Å². The van der Waals surface area contributed by atoms with Gasteiger partial charge in [0.2, 0.25) is 0 Å². The second-order valence-electron chi connectivity index (χ2n) is 3.25. The van der Waals surface area contributed by atoms with E-state index in [1.54, 1.807) is 0 Å². The maximum atomic E-state index is 4.23. The van der Waals surface area contributed by atoms with Crippen LogP contribution < -0.4 is 5.32 Å². The first kappa shape index (κ1) is 10.3. The number of hydrogen-bond donors (Lipinski definition) is 1. The van der Waals surface area contributed by atoms with Gasteiger partial charge in [0.25, 0.3) is 0 Å². The molecule has 3 nitrogen and oxygen atoms in total. The molecule has 1 unspecified atom stereocenters. The van der Waals surface area contributed by atoms with Gasteiger partial charge < -0.3 is 9.88 Å². The van der Waals surface area contributed by atoms with Gasteiger partial charge in [-0.05, 0) is 19.9 Å². The number of nitrogens with one attached hydrogen (secondary N) is 1. The minimum Gasteiger partial charge on any atom is -0.331 e. The fourth-order valence-electron chi connectivity index (χ4n) is 1.52. The number of rotatable bonds is 5. The molecule has 0 spiro atoms. The first-order chi connectivity index (χ1) is 6.29. The van der Waals surface area contributed by atoms with Crippen molar-refractivity contribution in [3.05, 3.63) is 18.2 Å². The van der Waals surface area contributed by atoms with Gasteiger partial charge in [-0.1, -0.05) is 13.8 Å². The third-order valence-electron chi connectivity index (χ3n) is 2.36. The molecule has 1 heterocycles. The van der Waals surface area contributed by atoms with Crippen LogP contribution in [0.2, 0.25) is 0 Å². The van der Waals surface area contributed by atoms with Crippen molar-refractivity contribution >= 4 is 0 Å². The third-order valence-corrected chi connectivity index (χ3v) is 2.36. The van der Waals surface area contributed by atoms with E-state index in [1.165, 1.54) is 0 Å². The van der Waals surface area contributed by atoms with Crippen molar-refractivity contribution < 1.29 is 0 Å². The minimum atomic E-state index is 0.544. The summed E-state index contributed by atoms with van der Waals surface area (Å²) in [5, 5.41) is 3.37. The molecule has 0 saturated carbocycles. The molecule has 3 heteroatoms. The van der Waals surface area contributed by atoms with E-state index in [4.69, 9.17) is 0 Å². The summed E-state index contributed by atoms with van der Waals surface area (Å²) >= 11 is 0. The van der Waals surface area contributed by atoms with Gasteiger partial charge in [0, 0.05) is 25.0 Å². The van der Waals surface area contributed by atoms with Crippen molar-refractivity contribution in [2.75, 3.05) is 13.1 Å². The van der Waals surface area contributed by atoms with E-state index in [9.17, 15) is 0 Å². The van der Waals surface area contributed by atoms with Crippen LogP contribution in [-0.2, 0) is 0 Å². The van der Waals surface area contributed by atoms with Crippen LogP contribution in [-0.4, -0.2) is 22.6 Å². The van der Waals surface area contributed by atoms with E-state index >= 15 is 0 Å². The normalized spacial score (nSPS) is 13.2. The zero-order chi connectivity index (χ0) is 9.68. The summed E-state index contributed by atoms with van der Waals surface area (Å²) in [7, 11) is 0. The summed E-state index contributed by atoms with van der Waals surface area (Å²) in [4.78, 5) is 4.23. The van der Waals surface area contributed by atoms with E-state index < -0.39 is 0 Å². The van der Waals surface area contributed by atoms with Gasteiger partial charge in [-0.15, -0.1) is 0 Å². The van der Waals surface area contributed by atoms with Gasteiger partial charge >= 0.3 is 0 Å². The molecule has 74 valence electrons. The fourth-order valence-corrected chi connectivity index (χ4v) is 1.52. The van der Waals surface area contributed by atoms with Crippen LogP contribution >= 0.6 is 0 Å². The lowest BCUT2D eigenvalue weighted by molar-refractivity contribution is 0.445. The highest BCUT2D eigenvalue weighted by molar-refractivity contribution is 4.92. The van der Waals surface area contributed by atoms with Crippen LogP contribution in [0.1, 0.15) is 32.1 Å². The molecule has 0 bridgehead atoms. The lowest BCUT2D eigenvalue weighted by atomic mass is 10.2. The van der Waals surface area contributed by atoms with Crippen LogP contribution in [0.15, 0.2) is 12.4 Å². The van der Waals surface area contributed by atoms with Gasteiger partial charge in [-0.25, -0.2) is 4.98 Å². The average Bonchev–Trinajstić information content (AvgIpc) is 2.54. The smallest absolute Gasteiger partial charge is 0.105 e. The Morgan fingerprint density at radius 1 is 1.54 bits per heavy atom.